The zero-order valence-electron chi connectivity index (χ0n) is 16.6. The van der Waals surface area contributed by atoms with Gasteiger partial charge in [-0.15, -0.1) is 5.10 Å². The van der Waals surface area contributed by atoms with Crippen LogP contribution in [0.5, 0.6) is 0 Å². The van der Waals surface area contributed by atoms with Gasteiger partial charge in [0.25, 0.3) is 0 Å². The molecule has 0 amide bonds. The fourth-order valence-electron chi connectivity index (χ4n) is 3.48. The van der Waals surface area contributed by atoms with Crippen LogP contribution in [0.4, 0.5) is 5.95 Å². The first-order valence-corrected chi connectivity index (χ1v) is 9.28. The predicted octanol–water partition coefficient (Wildman–Crippen LogP) is 2.47. The second-order valence-corrected chi connectivity index (χ2v) is 6.86. The first-order chi connectivity index (χ1) is 14.0. The molecule has 8 nitrogen and oxygen atoms in total. The van der Waals surface area contributed by atoms with Gasteiger partial charge in [0, 0.05) is 24.1 Å². The molecule has 0 bridgehead atoms. The number of fused-ring (bicyclic) bond motifs is 1. The average Bonchev–Trinajstić information content (AvgIpc) is 3.03. The zero-order valence-corrected chi connectivity index (χ0v) is 16.6. The number of hydrogen-bond donors (Lipinski definition) is 1. The van der Waals surface area contributed by atoms with Gasteiger partial charge in [-0.05, 0) is 31.5 Å². The molecule has 29 heavy (non-hydrogen) atoms. The Morgan fingerprint density at radius 3 is 2.38 bits per heavy atom. The Bertz CT molecular complexity index is 1220. The molecule has 8 heteroatoms. The second-order valence-electron chi connectivity index (χ2n) is 6.86. The van der Waals surface area contributed by atoms with E-state index < -0.39 is 0 Å². The molecule has 0 saturated heterocycles. The van der Waals surface area contributed by atoms with Crippen LogP contribution in [-0.4, -0.2) is 37.9 Å². The highest BCUT2D eigenvalue weighted by atomic mass is 16.5. The van der Waals surface area contributed by atoms with Crippen molar-refractivity contribution in [3.05, 3.63) is 64.3 Å². The largest absolute Gasteiger partial charge is 0.383 e. The van der Waals surface area contributed by atoms with E-state index in [-0.39, 0.29) is 11.6 Å². The fraction of sp³-hybridized carbons (Fsp3) is 0.238. The summed E-state index contributed by atoms with van der Waals surface area (Å²) in [7, 11) is 1.58. The van der Waals surface area contributed by atoms with Crippen LogP contribution in [0.3, 0.4) is 0 Å². The molecule has 0 saturated carbocycles. The minimum atomic E-state index is -0.342. The number of methoxy groups -OCH3 is 1. The first kappa shape index (κ1) is 18.8. The highest BCUT2D eigenvalue weighted by Crippen LogP contribution is 2.34. The van der Waals surface area contributed by atoms with E-state index in [1.165, 1.54) is 9.08 Å². The maximum Gasteiger partial charge on any atom is 0.353 e. The minimum absolute atomic E-state index is 0.0961. The third-order valence-corrected chi connectivity index (χ3v) is 4.68. The van der Waals surface area contributed by atoms with Crippen LogP contribution in [0.2, 0.25) is 0 Å². The first-order valence-electron chi connectivity index (χ1n) is 9.28. The molecule has 0 atom stereocenters. The Hall–Kier alpha value is -3.52. The van der Waals surface area contributed by atoms with Gasteiger partial charge >= 0.3 is 5.69 Å². The van der Waals surface area contributed by atoms with Crippen molar-refractivity contribution in [2.45, 2.75) is 20.4 Å². The van der Waals surface area contributed by atoms with Crippen molar-refractivity contribution in [1.82, 2.24) is 24.1 Å². The van der Waals surface area contributed by atoms with Crippen molar-refractivity contribution in [1.29, 1.82) is 0 Å². The summed E-state index contributed by atoms with van der Waals surface area (Å²) in [5.41, 5.74) is 11.2. The van der Waals surface area contributed by atoms with E-state index in [0.29, 0.717) is 24.5 Å². The lowest BCUT2D eigenvalue weighted by Crippen LogP contribution is -2.24. The molecule has 0 aliphatic rings. The molecule has 4 aromatic rings. The standard InChI is InChI=1S/C21H22N6O2/c1-13-11-16(12-14(2)23-13)17-18(15-7-5-4-6-8-15)24-20(22)27-19(17)25-26(21(27)28)9-10-29-3/h4-8,11-12H,9-10H2,1-3H3,(H2,22,24). The van der Waals surface area contributed by atoms with Gasteiger partial charge in [0.15, 0.2) is 5.65 Å². The van der Waals surface area contributed by atoms with Crippen LogP contribution in [0, 0.1) is 13.8 Å². The summed E-state index contributed by atoms with van der Waals surface area (Å²) >= 11 is 0. The molecule has 148 valence electrons. The van der Waals surface area contributed by atoms with Crippen molar-refractivity contribution in [2.24, 2.45) is 0 Å². The maximum atomic E-state index is 12.9. The van der Waals surface area contributed by atoms with E-state index in [2.05, 4.69) is 15.1 Å². The molecule has 0 aliphatic carbocycles. The van der Waals surface area contributed by atoms with Gasteiger partial charge in [0.05, 0.1) is 24.4 Å². The van der Waals surface area contributed by atoms with E-state index in [0.717, 1.165) is 28.1 Å². The van der Waals surface area contributed by atoms with Crippen molar-refractivity contribution in [3.8, 4) is 22.4 Å². The van der Waals surface area contributed by atoms with Crippen molar-refractivity contribution in [3.63, 3.8) is 0 Å². The quantitative estimate of drug-likeness (QED) is 0.562. The Kier molecular flexibility index (Phi) is 4.85. The van der Waals surface area contributed by atoms with E-state index in [1.807, 2.05) is 56.3 Å². The second kappa shape index (κ2) is 7.48. The molecular weight excluding hydrogens is 368 g/mol. The molecule has 1 aromatic carbocycles. The number of hydrogen-bond acceptors (Lipinski definition) is 6. The molecular formula is C21H22N6O2. The van der Waals surface area contributed by atoms with E-state index in [4.69, 9.17) is 10.5 Å². The molecule has 0 aliphatic heterocycles. The van der Waals surface area contributed by atoms with Crippen LogP contribution >= 0.6 is 0 Å². The number of benzene rings is 1. The Balaban J connectivity index is 2.11. The van der Waals surface area contributed by atoms with E-state index in [9.17, 15) is 4.79 Å². The lowest BCUT2D eigenvalue weighted by Gasteiger charge is -2.13. The topological polar surface area (TPSA) is 100 Å². The normalized spacial score (nSPS) is 11.3. The molecule has 3 heterocycles. The molecule has 0 radical (unpaired) electrons. The lowest BCUT2D eigenvalue weighted by atomic mass is 9.99. The zero-order chi connectivity index (χ0) is 20.5. The van der Waals surface area contributed by atoms with E-state index >= 15 is 0 Å². The number of pyridine rings is 1. The Morgan fingerprint density at radius 1 is 1.03 bits per heavy atom. The van der Waals surface area contributed by atoms with E-state index in [1.54, 1.807) is 7.11 Å². The van der Waals surface area contributed by atoms with Gasteiger partial charge in [0.2, 0.25) is 5.95 Å². The van der Waals surface area contributed by atoms with Gasteiger partial charge < -0.3 is 10.5 Å². The van der Waals surface area contributed by atoms with Crippen LogP contribution < -0.4 is 11.4 Å². The summed E-state index contributed by atoms with van der Waals surface area (Å²) in [5, 5.41) is 4.58. The molecule has 0 spiro atoms. The lowest BCUT2D eigenvalue weighted by molar-refractivity contribution is 0.182. The van der Waals surface area contributed by atoms with Crippen LogP contribution in [0.1, 0.15) is 11.4 Å². The molecule has 0 fully saturated rings. The fourth-order valence-corrected chi connectivity index (χ4v) is 3.48. The van der Waals surface area contributed by atoms with Crippen molar-refractivity contribution >= 4 is 11.6 Å². The third-order valence-electron chi connectivity index (χ3n) is 4.68. The van der Waals surface area contributed by atoms with Crippen LogP contribution in [0.25, 0.3) is 28.0 Å². The molecule has 3 aromatic heterocycles. The summed E-state index contributed by atoms with van der Waals surface area (Å²) in [4.78, 5) is 22.0. The summed E-state index contributed by atoms with van der Waals surface area (Å²) in [6, 6.07) is 13.7. The summed E-state index contributed by atoms with van der Waals surface area (Å²) in [6.45, 7) is 4.56. The number of nitrogen functional groups attached to an aromatic ring is 1. The number of nitrogens with two attached hydrogens (primary N) is 1. The third kappa shape index (κ3) is 3.38. The number of rotatable bonds is 5. The number of aryl methyl sites for hydroxylation is 2. The predicted molar refractivity (Wildman–Crippen MR) is 112 cm³/mol. The molecule has 2 N–H and O–H groups in total. The molecule has 4 rings (SSSR count). The summed E-state index contributed by atoms with van der Waals surface area (Å²) in [5.74, 6) is 0.0961. The van der Waals surface area contributed by atoms with Crippen molar-refractivity contribution < 1.29 is 4.74 Å². The average molecular weight is 390 g/mol. The van der Waals surface area contributed by atoms with Crippen molar-refractivity contribution in [2.75, 3.05) is 19.5 Å². The minimum Gasteiger partial charge on any atom is -0.383 e. The Labute approximate surface area is 167 Å². The van der Waals surface area contributed by atoms with Gasteiger partial charge in [-0.3, -0.25) is 4.98 Å². The highest BCUT2D eigenvalue weighted by molar-refractivity contribution is 5.90. The molecule has 0 unspecified atom stereocenters. The summed E-state index contributed by atoms with van der Waals surface area (Å²) < 4.78 is 7.81. The SMILES string of the molecule is COCCn1nc2c(-c3cc(C)nc(C)c3)c(-c3ccccc3)nc(N)n2c1=O. The monoisotopic (exact) mass is 390 g/mol. The van der Waals surface area contributed by atoms with Gasteiger partial charge in [-0.2, -0.15) is 0 Å². The number of anilines is 1. The summed E-state index contributed by atoms with van der Waals surface area (Å²) in [6.07, 6.45) is 0. The van der Waals surface area contributed by atoms with Crippen LogP contribution in [0.15, 0.2) is 47.3 Å². The maximum absolute atomic E-state index is 12.9. The Morgan fingerprint density at radius 2 is 1.72 bits per heavy atom. The number of aromatic nitrogens is 5. The van der Waals surface area contributed by atoms with Gasteiger partial charge in [-0.1, -0.05) is 30.3 Å². The van der Waals surface area contributed by atoms with Gasteiger partial charge in [-0.25, -0.2) is 18.9 Å². The number of nitrogens with zero attached hydrogens (tertiary/aromatic N) is 5. The smallest absolute Gasteiger partial charge is 0.353 e. The number of ether oxygens (including phenoxy) is 1. The highest BCUT2D eigenvalue weighted by Gasteiger charge is 2.21. The van der Waals surface area contributed by atoms with Gasteiger partial charge in [0.1, 0.15) is 0 Å². The van der Waals surface area contributed by atoms with Crippen LogP contribution in [-0.2, 0) is 11.3 Å².